The molecule has 2 rings (SSSR count). The molecule has 1 saturated heterocycles. The molecule has 2 heterocycles. The predicted octanol–water partition coefficient (Wildman–Crippen LogP) is 1.06. The number of pyridine rings is 1. The van der Waals surface area contributed by atoms with Gasteiger partial charge < -0.3 is 5.32 Å². The first-order valence-electron chi connectivity index (χ1n) is 6.67. The number of hydrogen-bond donors (Lipinski definition) is 2. The second kappa shape index (κ2) is 6.45. The molecular weight excluding hydrogens is 262 g/mol. The van der Waals surface area contributed by atoms with E-state index in [1.165, 1.54) is 0 Å². The Balaban J connectivity index is 1.93. The molecule has 0 saturated carbocycles. The smallest absolute Gasteiger partial charge is 0.212 e. The van der Waals surface area contributed by atoms with Crippen LogP contribution in [0.15, 0.2) is 24.5 Å². The minimum Gasteiger partial charge on any atom is -0.317 e. The van der Waals surface area contributed by atoms with Gasteiger partial charge in [-0.05, 0) is 50.4 Å². The van der Waals surface area contributed by atoms with E-state index in [0.29, 0.717) is 0 Å². The lowest BCUT2D eigenvalue weighted by Gasteiger charge is -2.23. The highest BCUT2D eigenvalue weighted by molar-refractivity contribution is 7.89. The van der Waals surface area contributed by atoms with Crippen molar-refractivity contribution in [3.63, 3.8) is 0 Å². The molecule has 1 aliphatic heterocycles. The van der Waals surface area contributed by atoms with Gasteiger partial charge in [-0.15, -0.1) is 0 Å². The average molecular weight is 283 g/mol. The van der Waals surface area contributed by atoms with Crippen molar-refractivity contribution in [2.75, 3.05) is 18.8 Å². The molecule has 0 radical (unpaired) electrons. The van der Waals surface area contributed by atoms with Crippen molar-refractivity contribution < 1.29 is 8.42 Å². The standard InChI is InChI=1S/C13H21N3O2S/c1-11(13-3-2-6-15-9-13)16-19(17,18)10-12-4-7-14-8-5-12/h2-3,6,9,11-12,14,16H,4-5,7-8,10H2,1H3. The van der Waals surface area contributed by atoms with Crippen LogP contribution in [0.2, 0.25) is 0 Å². The number of sulfonamides is 1. The highest BCUT2D eigenvalue weighted by atomic mass is 32.2. The molecule has 1 aromatic heterocycles. The summed E-state index contributed by atoms with van der Waals surface area (Å²) in [6, 6.07) is 3.46. The summed E-state index contributed by atoms with van der Waals surface area (Å²) in [5, 5.41) is 3.24. The zero-order chi connectivity index (χ0) is 13.7. The van der Waals surface area contributed by atoms with Crippen molar-refractivity contribution >= 4 is 10.0 Å². The molecule has 0 amide bonds. The molecule has 1 aliphatic rings. The third-order valence-corrected chi connectivity index (χ3v) is 5.08. The molecular formula is C13H21N3O2S. The van der Waals surface area contributed by atoms with Gasteiger partial charge in [-0.2, -0.15) is 0 Å². The largest absolute Gasteiger partial charge is 0.317 e. The molecule has 1 aromatic rings. The fourth-order valence-corrected chi connectivity index (χ4v) is 4.10. The summed E-state index contributed by atoms with van der Waals surface area (Å²) < 4.78 is 27.0. The molecule has 1 fully saturated rings. The highest BCUT2D eigenvalue weighted by Crippen LogP contribution is 2.16. The summed E-state index contributed by atoms with van der Waals surface area (Å²) in [5.41, 5.74) is 0.886. The Morgan fingerprint density at radius 2 is 2.21 bits per heavy atom. The van der Waals surface area contributed by atoms with Crippen LogP contribution >= 0.6 is 0 Å². The molecule has 5 nitrogen and oxygen atoms in total. The van der Waals surface area contributed by atoms with E-state index < -0.39 is 10.0 Å². The van der Waals surface area contributed by atoms with Crippen molar-refractivity contribution in [3.05, 3.63) is 30.1 Å². The van der Waals surface area contributed by atoms with Crippen LogP contribution in [0.4, 0.5) is 0 Å². The molecule has 0 bridgehead atoms. The highest BCUT2D eigenvalue weighted by Gasteiger charge is 2.22. The zero-order valence-electron chi connectivity index (χ0n) is 11.2. The Hall–Kier alpha value is -0.980. The summed E-state index contributed by atoms with van der Waals surface area (Å²) >= 11 is 0. The Labute approximate surface area is 114 Å². The fraction of sp³-hybridized carbons (Fsp3) is 0.615. The molecule has 2 N–H and O–H groups in total. The van der Waals surface area contributed by atoms with Gasteiger partial charge >= 0.3 is 0 Å². The van der Waals surface area contributed by atoms with E-state index in [4.69, 9.17) is 0 Å². The van der Waals surface area contributed by atoms with Gasteiger partial charge in [0, 0.05) is 18.4 Å². The molecule has 0 aliphatic carbocycles. The topological polar surface area (TPSA) is 71.1 Å². The minimum absolute atomic E-state index is 0.222. The van der Waals surface area contributed by atoms with Gasteiger partial charge in [0.15, 0.2) is 0 Å². The van der Waals surface area contributed by atoms with E-state index >= 15 is 0 Å². The van der Waals surface area contributed by atoms with Crippen molar-refractivity contribution in [1.82, 2.24) is 15.0 Å². The second-order valence-corrected chi connectivity index (χ2v) is 6.90. The van der Waals surface area contributed by atoms with Crippen molar-refractivity contribution in [2.24, 2.45) is 5.92 Å². The first kappa shape index (κ1) is 14.4. The molecule has 0 aromatic carbocycles. The van der Waals surface area contributed by atoms with E-state index in [1.54, 1.807) is 12.4 Å². The van der Waals surface area contributed by atoms with Gasteiger partial charge in [0.1, 0.15) is 0 Å². The zero-order valence-corrected chi connectivity index (χ0v) is 12.0. The summed E-state index contributed by atoms with van der Waals surface area (Å²) in [7, 11) is -3.23. The maximum absolute atomic E-state index is 12.1. The van der Waals surface area contributed by atoms with Crippen LogP contribution < -0.4 is 10.0 Å². The Morgan fingerprint density at radius 3 is 2.84 bits per heavy atom. The lowest BCUT2D eigenvalue weighted by Crippen LogP contribution is -2.36. The second-order valence-electron chi connectivity index (χ2n) is 5.10. The summed E-state index contributed by atoms with van der Waals surface area (Å²) in [4.78, 5) is 4.01. The Bertz CT molecular complexity index is 484. The molecule has 6 heteroatoms. The number of piperidine rings is 1. The quantitative estimate of drug-likeness (QED) is 0.848. The number of hydrogen-bond acceptors (Lipinski definition) is 4. The van der Waals surface area contributed by atoms with Crippen LogP contribution in [0.1, 0.15) is 31.4 Å². The van der Waals surface area contributed by atoms with Gasteiger partial charge in [0.05, 0.1) is 5.75 Å². The lowest BCUT2D eigenvalue weighted by atomic mass is 10.0. The lowest BCUT2D eigenvalue weighted by molar-refractivity contribution is 0.399. The Morgan fingerprint density at radius 1 is 1.47 bits per heavy atom. The summed E-state index contributed by atoms with van der Waals surface area (Å²) in [6.45, 7) is 3.67. The third-order valence-electron chi connectivity index (χ3n) is 3.45. The van der Waals surface area contributed by atoms with Gasteiger partial charge in [0.2, 0.25) is 10.0 Å². The van der Waals surface area contributed by atoms with E-state index in [-0.39, 0.29) is 17.7 Å². The fourth-order valence-electron chi connectivity index (χ4n) is 2.38. The molecule has 1 unspecified atom stereocenters. The van der Waals surface area contributed by atoms with E-state index in [2.05, 4.69) is 15.0 Å². The summed E-state index contributed by atoms with van der Waals surface area (Å²) in [5.74, 6) is 0.485. The van der Waals surface area contributed by atoms with Crippen LogP contribution in [-0.4, -0.2) is 32.2 Å². The first-order chi connectivity index (χ1) is 9.07. The number of aromatic nitrogens is 1. The first-order valence-corrected chi connectivity index (χ1v) is 8.33. The van der Waals surface area contributed by atoms with Crippen molar-refractivity contribution in [3.8, 4) is 0 Å². The van der Waals surface area contributed by atoms with Crippen molar-refractivity contribution in [2.45, 2.75) is 25.8 Å². The predicted molar refractivity (Wildman–Crippen MR) is 75.2 cm³/mol. The van der Waals surface area contributed by atoms with E-state index in [1.807, 2.05) is 19.1 Å². The Kier molecular flexibility index (Phi) is 4.90. The van der Waals surface area contributed by atoms with E-state index in [9.17, 15) is 8.42 Å². The molecule has 0 spiro atoms. The maximum atomic E-state index is 12.1. The van der Waals surface area contributed by atoms with Crippen LogP contribution in [0.5, 0.6) is 0 Å². The van der Waals surface area contributed by atoms with Crippen LogP contribution in [0.3, 0.4) is 0 Å². The molecule has 106 valence electrons. The van der Waals surface area contributed by atoms with Gasteiger partial charge in [0.25, 0.3) is 0 Å². The average Bonchev–Trinajstić information content (AvgIpc) is 2.39. The minimum atomic E-state index is -3.23. The molecule has 1 atom stereocenters. The maximum Gasteiger partial charge on any atom is 0.212 e. The normalized spacial score (nSPS) is 19.2. The van der Waals surface area contributed by atoms with Crippen LogP contribution in [0.25, 0.3) is 0 Å². The third kappa shape index (κ3) is 4.56. The monoisotopic (exact) mass is 283 g/mol. The summed E-state index contributed by atoms with van der Waals surface area (Å²) in [6.07, 6.45) is 5.24. The van der Waals surface area contributed by atoms with Crippen molar-refractivity contribution in [1.29, 1.82) is 0 Å². The van der Waals surface area contributed by atoms with Gasteiger partial charge in [-0.25, -0.2) is 13.1 Å². The molecule has 19 heavy (non-hydrogen) atoms. The SMILES string of the molecule is CC(NS(=O)(=O)CC1CCNCC1)c1cccnc1. The van der Waals surface area contributed by atoms with Crippen LogP contribution in [0, 0.1) is 5.92 Å². The van der Waals surface area contributed by atoms with Gasteiger partial charge in [-0.3, -0.25) is 4.98 Å². The number of nitrogens with one attached hydrogen (secondary N) is 2. The van der Waals surface area contributed by atoms with Crippen LogP contribution in [-0.2, 0) is 10.0 Å². The van der Waals surface area contributed by atoms with E-state index in [0.717, 1.165) is 31.5 Å². The number of nitrogens with zero attached hydrogens (tertiary/aromatic N) is 1. The van der Waals surface area contributed by atoms with Gasteiger partial charge in [-0.1, -0.05) is 6.07 Å². The number of rotatable bonds is 5.